The molecule has 0 saturated heterocycles. The summed E-state index contributed by atoms with van der Waals surface area (Å²) in [6, 6.07) is 0. The van der Waals surface area contributed by atoms with E-state index in [1.165, 1.54) is 13.8 Å². The lowest BCUT2D eigenvalue weighted by Crippen LogP contribution is -2.61. The number of quaternary nitrogens is 1. The van der Waals surface area contributed by atoms with Gasteiger partial charge < -0.3 is 50.0 Å². The molecule has 0 aliphatic rings. The van der Waals surface area contributed by atoms with E-state index in [1.807, 2.05) is 0 Å². The zero-order valence-corrected chi connectivity index (χ0v) is 19.6. The van der Waals surface area contributed by atoms with Crippen LogP contribution >= 0.6 is 30.4 Å². The summed E-state index contributed by atoms with van der Waals surface area (Å²) in [6.45, 7) is 1.09. The maximum atomic E-state index is 11.8. The zero-order chi connectivity index (χ0) is 24.8. The molecule has 0 atom stereocenters. The zero-order valence-electron chi connectivity index (χ0n) is 16.1. The van der Waals surface area contributed by atoms with Crippen LogP contribution in [0.25, 0.3) is 0 Å². The Hall–Kier alpha value is -0.0100. The Kier molecular flexibility index (Phi) is 12.6. The quantitative estimate of drug-likeness (QED) is 0.113. The van der Waals surface area contributed by atoms with Crippen LogP contribution < -0.4 is 5.73 Å². The SMILES string of the molecule is CCC[N+](CCC)(C(P(=O)(O)O)P(=O)(O)O)C(P(=O)(O)O)P(=O)(O)O.NCC(=O)O. The predicted molar refractivity (Wildman–Crippen MR) is 103 cm³/mol. The van der Waals surface area contributed by atoms with Gasteiger partial charge in [0.1, 0.15) is 0 Å². The Bertz CT molecular complexity index is 650. The molecule has 0 spiro atoms. The molecule has 0 bridgehead atoms. The summed E-state index contributed by atoms with van der Waals surface area (Å²) in [6.07, 6.45) is -0.236. The number of hydrogen-bond acceptors (Lipinski definition) is 6. The highest BCUT2D eigenvalue weighted by atomic mass is 31.2. The molecule has 0 fully saturated rings. The first-order chi connectivity index (χ1) is 13.1. The van der Waals surface area contributed by atoms with Crippen molar-refractivity contribution in [3.8, 4) is 0 Å². The van der Waals surface area contributed by atoms with E-state index >= 15 is 0 Å². The first kappa shape index (κ1) is 32.2. The van der Waals surface area contributed by atoms with E-state index in [1.54, 1.807) is 0 Å². The molecule has 0 aliphatic carbocycles. The van der Waals surface area contributed by atoms with Crippen molar-refractivity contribution in [2.45, 2.75) is 37.7 Å². The molecular formula is C10H29N2O14P4+. The molecule has 0 radical (unpaired) electrons. The number of carbonyl (C=O) groups is 1. The summed E-state index contributed by atoms with van der Waals surface area (Å²) in [5, 5.41) is 7.60. The van der Waals surface area contributed by atoms with Crippen molar-refractivity contribution in [3.63, 3.8) is 0 Å². The Morgan fingerprint density at radius 1 is 0.733 bits per heavy atom. The molecule has 182 valence electrons. The molecule has 0 aromatic rings. The molecule has 0 aromatic heterocycles. The number of nitrogens with zero attached hydrogens (tertiary/aromatic N) is 1. The minimum absolute atomic E-state index is 0.118. The second-order valence-electron chi connectivity index (χ2n) is 6.20. The molecule has 0 heterocycles. The van der Waals surface area contributed by atoms with Crippen LogP contribution in [0.15, 0.2) is 0 Å². The number of carboxylic acids is 1. The van der Waals surface area contributed by atoms with Crippen LogP contribution in [-0.2, 0) is 23.1 Å². The molecular weight excluding hydrogens is 496 g/mol. The molecule has 0 saturated carbocycles. The van der Waals surface area contributed by atoms with Crippen molar-refractivity contribution in [2.75, 3.05) is 19.6 Å². The van der Waals surface area contributed by atoms with Crippen LogP contribution in [0.1, 0.15) is 26.7 Å². The van der Waals surface area contributed by atoms with E-state index in [0.29, 0.717) is 0 Å². The number of carboxylic acid groups (broad SMARTS) is 1. The molecule has 0 rings (SSSR count). The highest BCUT2D eigenvalue weighted by Crippen LogP contribution is 2.72. The van der Waals surface area contributed by atoms with Gasteiger partial charge in [-0.1, -0.05) is 13.8 Å². The highest BCUT2D eigenvalue weighted by molar-refractivity contribution is 7.72. The smallest absolute Gasteiger partial charge is 0.395 e. The van der Waals surface area contributed by atoms with Crippen molar-refractivity contribution in [2.24, 2.45) is 5.73 Å². The van der Waals surface area contributed by atoms with Crippen molar-refractivity contribution in [1.82, 2.24) is 0 Å². The van der Waals surface area contributed by atoms with Crippen molar-refractivity contribution in [3.05, 3.63) is 0 Å². The average Bonchev–Trinajstić information content (AvgIpc) is 2.41. The maximum absolute atomic E-state index is 11.8. The monoisotopic (exact) mass is 525 g/mol. The van der Waals surface area contributed by atoms with Crippen LogP contribution in [-0.4, -0.2) is 85.4 Å². The van der Waals surface area contributed by atoms with Gasteiger partial charge in [0.25, 0.3) is 11.0 Å². The summed E-state index contributed by atoms with van der Waals surface area (Å²) in [4.78, 5) is 85.1. The Morgan fingerprint density at radius 3 is 1.03 bits per heavy atom. The van der Waals surface area contributed by atoms with E-state index in [9.17, 15) is 62.2 Å². The van der Waals surface area contributed by atoms with Gasteiger partial charge in [0.2, 0.25) is 0 Å². The molecule has 0 aromatic carbocycles. The number of nitrogens with two attached hydrogens (primary N) is 1. The van der Waals surface area contributed by atoms with Gasteiger partial charge in [-0.3, -0.25) is 27.5 Å². The number of aliphatic carboxylic acids is 1. The second-order valence-corrected chi connectivity index (χ2v) is 13.7. The fourth-order valence-electron chi connectivity index (χ4n) is 3.12. The van der Waals surface area contributed by atoms with Gasteiger partial charge in [0.15, 0.2) is 0 Å². The van der Waals surface area contributed by atoms with Gasteiger partial charge in [-0.2, -0.15) is 0 Å². The molecule has 20 heteroatoms. The first-order valence-electron chi connectivity index (χ1n) is 8.12. The number of hydrogen-bond donors (Lipinski definition) is 10. The summed E-state index contributed by atoms with van der Waals surface area (Å²) in [5.74, 6) is -0.968. The maximum Gasteiger partial charge on any atom is 0.395 e. The van der Waals surface area contributed by atoms with E-state index in [4.69, 9.17) is 5.11 Å². The fourth-order valence-corrected chi connectivity index (χ4v) is 10.5. The summed E-state index contributed by atoms with van der Waals surface area (Å²) in [7, 11) is -23.0. The van der Waals surface area contributed by atoms with Crippen molar-refractivity contribution in [1.29, 1.82) is 0 Å². The van der Waals surface area contributed by atoms with Crippen LogP contribution in [0.4, 0.5) is 0 Å². The van der Waals surface area contributed by atoms with Crippen LogP contribution in [0.2, 0.25) is 0 Å². The van der Waals surface area contributed by atoms with E-state index in [-0.39, 0.29) is 19.4 Å². The second kappa shape index (κ2) is 11.7. The van der Waals surface area contributed by atoms with Crippen LogP contribution in [0.3, 0.4) is 0 Å². The normalized spacial score (nSPS) is 13.9. The van der Waals surface area contributed by atoms with Gasteiger partial charge in [-0.25, -0.2) is 0 Å². The fraction of sp³-hybridized carbons (Fsp3) is 0.900. The van der Waals surface area contributed by atoms with Crippen molar-refractivity contribution < 1.29 is 71.8 Å². The minimum atomic E-state index is -5.75. The minimum Gasteiger partial charge on any atom is -0.480 e. The third kappa shape index (κ3) is 9.64. The predicted octanol–water partition coefficient (Wildman–Crippen LogP) is -1.07. The third-order valence-electron chi connectivity index (χ3n) is 3.58. The Labute approximate surface area is 172 Å². The molecule has 0 aliphatic heterocycles. The van der Waals surface area contributed by atoms with Gasteiger partial charge in [0, 0.05) is 0 Å². The van der Waals surface area contributed by atoms with Gasteiger partial charge in [-0.05, 0) is 12.8 Å². The van der Waals surface area contributed by atoms with E-state index in [2.05, 4.69) is 5.73 Å². The lowest BCUT2D eigenvalue weighted by molar-refractivity contribution is -0.930. The summed E-state index contributed by atoms with van der Waals surface area (Å²) < 4.78 is 45.5. The standard InChI is InChI=1S/C8H23NO12P4.C2H5NO2/c1-3-5-9(6-4-2,7(22(10,11)12)23(13,14)15)8(24(16,17)18)25(19,20)21;3-1-2(4)5/h7-8H,3-6H2,1-2H3,(H7-,10,11,12,13,14,15,16,17,18,19,20,21);1,3H2,(H,4,5)/p+1. The van der Waals surface area contributed by atoms with Crippen molar-refractivity contribution >= 4 is 36.4 Å². The van der Waals surface area contributed by atoms with Gasteiger partial charge in [-0.15, -0.1) is 0 Å². The first-order valence-corrected chi connectivity index (χ1v) is 14.8. The van der Waals surface area contributed by atoms with Crippen LogP contribution in [0.5, 0.6) is 0 Å². The number of rotatable bonds is 11. The summed E-state index contributed by atoms with van der Waals surface area (Å²) in [5.41, 5.74) is -1.47. The molecule has 30 heavy (non-hydrogen) atoms. The molecule has 0 amide bonds. The average molecular weight is 525 g/mol. The molecule has 0 unspecified atom stereocenters. The van der Waals surface area contributed by atoms with E-state index in [0.717, 1.165) is 0 Å². The molecule has 16 nitrogen and oxygen atoms in total. The highest BCUT2D eigenvalue weighted by Gasteiger charge is 2.68. The topological polar surface area (TPSA) is 293 Å². The van der Waals surface area contributed by atoms with Gasteiger partial charge >= 0.3 is 36.4 Å². The van der Waals surface area contributed by atoms with Gasteiger partial charge in [0.05, 0.1) is 19.6 Å². The summed E-state index contributed by atoms with van der Waals surface area (Å²) >= 11 is 0. The van der Waals surface area contributed by atoms with Crippen LogP contribution in [0, 0.1) is 0 Å². The largest absolute Gasteiger partial charge is 0.480 e. The van der Waals surface area contributed by atoms with E-state index < -0.39 is 65.0 Å². The lowest BCUT2D eigenvalue weighted by atomic mass is 10.3. The third-order valence-corrected chi connectivity index (χ3v) is 11.4. The Morgan fingerprint density at radius 2 is 0.933 bits per heavy atom. The lowest BCUT2D eigenvalue weighted by Gasteiger charge is -2.48. The Balaban J connectivity index is 0. The molecule has 11 N–H and O–H groups in total.